The van der Waals surface area contributed by atoms with Gasteiger partial charge in [-0.1, -0.05) is 53.8 Å². The van der Waals surface area contributed by atoms with Gasteiger partial charge in [0.2, 0.25) is 0 Å². The Morgan fingerprint density at radius 1 is 1.00 bits per heavy atom. The molecule has 0 fully saturated rings. The number of nitrogens with one attached hydrogen (secondary N) is 3. The molecular weight excluding hydrogens is 372 g/mol. The smallest absolute Gasteiger partial charge is 0.325 e. The predicted octanol–water partition coefficient (Wildman–Crippen LogP) is 4.89. The molecule has 3 rings (SSSR count). The highest BCUT2D eigenvalue weighted by Gasteiger charge is 2.18. The number of hydrogen-bond acceptors (Lipinski definition) is 4. The Balaban J connectivity index is 1.63. The summed E-state index contributed by atoms with van der Waals surface area (Å²) in [6.45, 7) is 5.63. The molecule has 2 aromatic carbocycles. The topological polar surface area (TPSA) is 83.1 Å². The van der Waals surface area contributed by atoms with Gasteiger partial charge in [0.15, 0.2) is 5.13 Å². The highest BCUT2D eigenvalue weighted by atomic mass is 32.1. The molecule has 0 spiro atoms. The fraction of sp³-hybridized carbons (Fsp3) is 0.190. The zero-order valence-electron chi connectivity index (χ0n) is 15.9. The maximum absolute atomic E-state index is 12.6. The van der Waals surface area contributed by atoms with Crippen molar-refractivity contribution in [2.45, 2.75) is 26.8 Å². The third-order valence-electron chi connectivity index (χ3n) is 4.15. The monoisotopic (exact) mass is 394 g/mol. The van der Waals surface area contributed by atoms with Crippen molar-refractivity contribution >= 4 is 34.1 Å². The molecule has 1 unspecified atom stereocenters. The number of aromatic nitrogens is 1. The van der Waals surface area contributed by atoms with Gasteiger partial charge in [-0.3, -0.25) is 10.1 Å². The lowest BCUT2D eigenvalue weighted by molar-refractivity contribution is 0.0943. The van der Waals surface area contributed by atoms with E-state index in [4.69, 9.17) is 0 Å². The SMILES string of the molecule is Cc1cccc(NC(=O)Nc2nc(C)c(C(=O)NC(C)c3ccccc3)s2)c1. The summed E-state index contributed by atoms with van der Waals surface area (Å²) in [5.41, 5.74) is 3.34. The number of hydrogen-bond donors (Lipinski definition) is 3. The van der Waals surface area contributed by atoms with Crippen LogP contribution in [-0.4, -0.2) is 16.9 Å². The van der Waals surface area contributed by atoms with E-state index < -0.39 is 6.03 Å². The first kappa shape index (κ1) is 19.6. The highest BCUT2D eigenvalue weighted by molar-refractivity contribution is 7.17. The first-order valence-electron chi connectivity index (χ1n) is 8.90. The van der Waals surface area contributed by atoms with E-state index in [9.17, 15) is 9.59 Å². The zero-order valence-corrected chi connectivity index (χ0v) is 16.8. The van der Waals surface area contributed by atoms with E-state index in [1.165, 1.54) is 0 Å². The van der Waals surface area contributed by atoms with Crippen molar-refractivity contribution in [1.82, 2.24) is 10.3 Å². The Labute approximate surface area is 168 Å². The van der Waals surface area contributed by atoms with E-state index in [1.54, 1.807) is 6.92 Å². The predicted molar refractivity (Wildman–Crippen MR) is 113 cm³/mol. The van der Waals surface area contributed by atoms with E-state index in [0.29, 0.717) is 21.4 Å². The second-order valence-electron chi connectivity index (χ2n) is 6.49. The molecule has 144 valence electrons. The van der Waals surface area contributed by atoms with E-state index in [1.807, 2.05) is 68.4 Å². The van der Waals surface area contributed by atoms with Crippen LogP contribution in [-0.2, 0) is 0 Å². The third kappa shape index (κ3) is 4.95. The van der Waals surface area contributed by atoms with Crippen LogP contribution in [0.2, 0.25) is 0 Å². The largest absolute Gasteiger partial charge is 0.345 e. The molecular formula is C21H22N4O2S. The Hall–Kier alpha value is -3.19. The maximum atomic E-state index is 12.6. The van der Waals surface area contributed by atoms with Gasteiger partial charge in [0, 0.05) is 5.69 Å². The first-order chi connectivity index (χ1) is 13.4. The lowest BCUT2D eigenvalue weighted by Crippen LogP contribution is -2.26. The molecule has 3 aromatic rings. The molecule has 3 amide bonds. The van der Waals surface area contributed by atoms with E-state index >= 15 is 0 Å². The van der Waals surface area contributed by atoms with Crippen LogP contribution in [0.1, 0.15) is 39.5 Å². The number of amides is 3. The van der Waals surface area contributed by atoms with Crippen LogP contribution < -0.4 is 16.0 Å². The number of nitrogens with zero attached hydrogens (tertiary/aromatic N) is 1. The van der Waals surface area contributed by atoms with Crippen molar-refractivity contribution in [3.8, 4) is 0 Å². The van der Waals surface area contributed by atoms with Crippen molar-refractivity contribution in [1.29, 1.82) is 0 Å². The van der Waals surface area contributed by atoms with Gasteiger partial charge in [-0.15, -0.1) is 0 Å². The highest BCUT2D eigenvalue weighted by Crippen LogP contribution is 2.24. The summed E-state index contributed by atoms with van der Waals surface area (Å²) >= 11 is 1.15. The minimum atomic E-state index is -0.399. The number of rotatable bonds is 5. The number of benzene rings is 2. The average Bonchev–Trinajstić information content (AvgIpc) is 3.02. The molecule has 0 radical (unpaired) electrons. The summed E-state index contributed by atoms with van der Waals surface area (Å²) in [6.07, 6.45) is 0. The van der Waals surface area contributed by atoms with Gasteiger partial charge in [0.05, 0.1) is 11.7 Å². The summed E-state index contributed by atoms with van der Waals surface area (Å²) in [6, 6.07) is 16.7. The molecule has 0 saturated carbocycles. The summed E-state index contributed by atoms with van der Waals surface area (Å²) in [7, 11) is 0. The Morgan fingerprint density at radius 2 is 1.75 bits per heavy atom. The molecule has 1 aromatic heterocycles. The Kier molecular flexibility index (Phi) is 6.06. The van der Waals surface area contributed by atoms with E-state index in [2.05, 4.69) is 20.9 Å². The van der Waals surface area contributed by atoms with Crippen molar-refractivity contribution in [3.05, 3.63) is 76.3 Å². The minimum Gasteiger partial charge on any atom is -0.345 e. The van der Waals surface area contributed by atoms with Crippen molar-refractivity contribution in [2.24, 2.45) is 0 Å². The molecule has 0 saturated heterocycles. The lowest BCUT2D eigenvalue weighted by Gasteiger charge is -2.13. The quantitative estimate of drug-likeness (QED) is 0.576. The van der Waals surface area contributed by atoms with Gasteiger partial charge >= 0.3 is 6.03 Å². The number of thiazole rings is 1. The van der Waals surface area contributed by atoms with Crippen LogP contribution in [0.15, 0.2) is 54.6 Å². The molecule has 0 aliphatic carbocycles. The fourth-order valence-electron chi connectivity index (χ4n) is 2.73. The normalized spacial score (nSPS) is 11.5. The average molecular weight is 395 g/mol. The van der Waals surface area contributed by atoms with Crippen LogP contribution in [0.3, 0.4) is 0 Å². The summed E-state index contributed by atoms with van der Waals surface area (Å²) in [5, 5.41) is 8.79. The van der Waals surface area contributed by atoms with Crippen LogP contribution in [0.4, 0.5) is 15.6 Å². The number of urea groups is 1. The van der Waals surface area contributed by atoms with Crippen LogP contribution in [0.5, 0.6) is 0 Å². The third-order valence-corrected chi connectivity index (χ3v) is 5.22. The van der Waals surface area contributed by atoms with Crippen LogP contribution in [0.25, 0.3) is 0 Å². The van der Waals surface area contributed by atoms with Gasteiger partial charge in [0.25, 0.3) is 5.91 Å². The van der Waals surface area contributed by atoms with Crippen LogP contribution >= 0.6 is 11.3 Å². The van der Waals surface area contributed by atoms with Crippen molar-refractivity contribution in [3.63, 3.8) is 0 Å². The second kappa shape index (κ2) is 8.67. The standard InChI is InChI=1S/C21H22N4O2S/c1-13-8-7-11-17(12-13)24-20(27)25-21-23-15(3)18(28-21)19(26)22-14(2)16-9-5-4-6-10-16/h4-12,14H,1-3H3,(H,22,26)(H2,23,24,25,27). The molecule has 0 aliphatic heterocycles. The fourth-order valence-corrected chi connectivity index (χ4v) is 3.59. The lowest BCUT2D eigenvalue weighted by atomic mass is 10.1. The van der Waals surface area contributed by atoms with Gasteiger partial charge in [-0.05, 0) is 44.0 Å². The number of carbonyl (C=O) groups is 2. The van der Waals surface area contributed by atoms with Gasteiger partial charge < -0.3 is 10.6 Å². The van der Waals surface area contributed by atoms with Gasteiger partial charge in [-0.2, -0.15) is 0 Å². The summed E-state index contributed by atoms with van der Waals surface area (Å²) < 4.78 is 0. The zero-order chi connectivity index (χ0) is 20.1. The Morgan fingerprint density at radius 3 is 2.46 bits per heavy atom. The van der Waals surface area contributed by atoms with Gasteiger partial charge in [-0.25, -0.2) is 9.78 Å². The molecule has 6 nitrogen and oxygen atoms in total. The van der Waals surface area contributed by atoms with E-state index in [0.717, 1.165) is 22.5 Å². The van der Waals surface area contributed by atoms with E-state index in [-0.39, 0.29) is 11.9 Å². The molecule has 1 atom stereocenters. The van der Waals surface area contributed by atoms with Gasteiger partial charge in [0.1, 0.15) is 4.88 Å². The summed E-state index contributed by atoms with van der Waals surface area (Å²) in [4.78, 5) is 29.6. The first-order valence-corrected chi connectivity index (χ1v) is 9.72. The Bertz CT molecular complexity index is 985. The maximum Gasteiger partial charge on any atom is 0.325 e. The molecule has 28 heavy (non-hydrogen) atoms. The molecule has 0 bridgehead atoms. The van der Waals surface area contributed by atoms with Crippen molar-refractivity contribution in [2.75, 3.05) is 10.6 Å². The summed E-state index contributed by atoms with van der Waals surface area (Å²) in [5.74, 6) is -0.210. The molecule has 0 aliphatic rings. The molecule has 1 heterocycles. The number of carbonyl (C=O) groups excluding carboxylic acids is 2. The number of anilines is 2. The minimum absolute atomic E-state index is 0.128. The molecule has 7 heteroatoms. The van der Waals surface area contributed by atoms with Crippen molar-refractivity contribution < 1.29 is 9.59 Å². The van der Waals surface area contributed by atoms with Crippen LogP contribution in [0, 0.1) is 13.8 Å². The second-order valence-corrected chi connectivity index (χ2v) is 7.49. The molecule has 3 N–H and O–H groups in total. The number of aryl methyl sites for hydroxylation is 2.